The van der Waals surface area contributed by atoms with Crippen LogP contribution >= 0.6 is 11.6 Å². The number of carbonyl (C=O) groups is 1. The Labute approximate surface area is 118 Å². The Morgan fingerprint density at radius 3 is 2.79 bits per heavy atom. The van der Waals surface area contributed by atoms with Gasteiger partial charge in [0.05, 0.1) is 6.10 Å². The third-order valence-corrected chi connectivity index (χ3v) is 3.62. The zero-order chi connectivity index (χ0) is 14.0. The van der Waals surface area contributed by atoms with Crippen molar-refractivity contribution in [2.45, 2.75) is 38.7 Å². The summed E-state index contributed by atoms with van der Waals surface area (Å²) in [6.45, 7) is 4.62. The average molecular weight is 283 g/mol. The highest BCUT2D eigenvalue weighted by molar-refractivity contribution is 6.29. The molecule has 5 heteroatoms. The summed E-state index contributed by atoms with van der Waals surface area (Å²) in [5.74, 6) is 0.487. The molecule has 0 aliphatic heterocycles. The summed E-state index contributed by atoms with van der Waals surface area (Å²) in [4.78, 5) is 16.2. The van der Waals surface area contributed by atoms with E-state index < -0.39 is 0 Å². The molecule has 1 aromatic heterocycles. The highest BCUT2D eigenvalue weighted by Gasteiger charge is 2.27. The van der Waals surface area contributed by atoms with Gasteiger partial charge in [0.25, 0.3) is 5.91 Å². The first-order valence-electron chi connectivity index (χ1n) is 6.59. The molecule has 0 atom stereocenters. The number of hydrogen-bond acceptors (Lipinski definition) is 3. The normalized spacial score (nSPS) is 22.2. The first kappa shape index (κ1) is 14.3. The lowest BCUT2D eigenvalue weighted by molar-refractivity contribution is 0.0420. The van der Waals surface area contributed by atoms with E-state index >= 15 is 0 Å². The summed E-state index contributed by atoms with van der Waals surface area (Å²) in [5.41, 5.74) is 1.36. The highest BCUT2D eigenvalue weighted by atomic mass is 35.5. The van der Waals surface area contributed by atoms with Crippen molar-refractivity contribution in [1.29, 1.82) is 0 Å². The van der Waals surface area contributed by atoms with E-state index in [1.54, 1.807) is 12.1 Å². The van der Waals surface area contributed by atoms with Gasteiger partial charge in [-0.05, 0) is 36.8 Å². The standard InChI is InChI=1S/C14H19ClN2O2/c1-8(2)12-5-10(6-13(15)17-12)14(19)16-7-9-3-11(18)4-9/h5-6,8-9,11,18H,3-4,7H2,1-2H3,(H,16,19). The van der Waals surface area contributed by atoms with Gasteiger partial charge >= 0.3 is 0 Å². The maximum Gasteiger partial charge on any atom is 0.251 e. The van der Waals surface area contributed by atoms with Gasteiger partial charge in [-0.15, -0.1) is 0 Å². The van der Waals surface area contributed by atoms with Crippen LogP contribution < -0.4 is 5.32 Å². The van der Waals surface area contributed by atoms with Crippen LogP contribution in [0.4, 0.5) is 0 Å². The molecule has 0 bridgehead atoms. The zero-order valence-electron chi connectivity index (χ0n) is 11.2. The van der Waals surface area contributed by atoms with Gasteiger partial charge in [-0.25, -0.2) is 4.98 Å². The predicted molar refractivity (Wildman–Crippen MR) is 74.4 cm³/mol. The molecule has 1 heterocycles. The van der Waals surface area contributed by atoms with Crippen molar-refractivity contribution in [2.75, 3.05) is 6.54 Å². The second-order valence-electron chi connectivity index (χ2n) is 5.46. The number of aromatic nitrogens is 1. The van der Waals surface area contributed by atoms with Crippen LogP contribution in [0.5, 0.6) is 0 Å². The fourth-order valence-electron chi connectivity index (χ4n) is 2.15. The van der Waals surface area contributed by atoms with Crippen LogP contribution in [0, 0.1) is 5.92 Å². The topological polar surface area (TPSA) is 62.2 Å². The third kappa shape index (κ3) is 3.67. The number of aliphatic hydroxyl groups is 1. The van der Waals surface area contributed by atoms with Crippen LogP contribution in [0.25, 0.3) is 0 Å². The van der Waals surface area contributed by atoms with Gasteiger partial charge in [-0.2, -0.15) is 0 Å². The number of nitrogens with one attached hydrogen (secondary N) is 1. The average Bonchev–Trinajstić information content (AvgIpc) is 2.32. The molecule has 1 fully saturated rings. The number of carbonyl (C=O) groups excluding carboxylic acids is 1. The minimum atomic E-state index is -0.190. The summed E-state index contributed by atoms with van der Waals surface area (Å²) in [6, 6.07) is 3.36. The van der Waals surface area contributed by atoms with Crippen LogP contribution in [0.2, 0.25) is 5.15 Å². The maximum atomic E-state index is 12.0. The van der Waals surface area contributed by atoms with Crippen molar-refractivity contribution in [2.24, 2.45) is 5.92 Å². The number of pyridine rings is 1. The molecule has 0 unspecified atom stereocenters. The first-order chi connectivity index (χ1) is 8.95. The molecule has 0 saturated heterocycles. The van der Waals surface area contributed by atoms with Crippen molar-refractivity contribution >= 4 is 17.5 Å². The van der Waals surface area contributed by atoms with Gasteiger partial charge in [-0.3, -0.25) is 4.79 Å². The Hall–Kier alpha value is -1.13. The van der Waals surface area contributed by atoms with E-state index in [1.807, 2.05) is 13.8 Å². The highest BCUT2D eigenvalue weighted by Crippen LogP contribution is 2.26. The fourth-order valence-corrected chi connectivity index (χ4v) is 2.37. The minimum Gasteiger partial charge on any atom is -0.393 e. The Balaban J connectivity index is 1.98. The maximum absolute atomic E-state index is 12.0. The molecule has 1 amide bonds. The molecule has 2 rings (SSSR count). The molecule has 0 spiro atoms. The van der Waals surface area contributed by atoms with Crippen molar-refractivity contribution in [3.63, 3.8) is 0 Å². The second-order valence-corrected chi connectivity index (χ2v) is 5.85. The number of amides is 1. The van der Waals surface area contributed by atoms with E-state index in [4.69, 9.17) is 11.6 Å². The monoisotopic (exact) mass is 282 g/mol. The molecule has 1 aliphatic rings. The quantitative estimate of drug-likeness (QED) is 0.834. The molecular weight excluding hydrogens is 264 g/mol. The van der Waals surface area contributed by atoms with Gasteiger partial charge in [0.15, 0.2) is 0 Å². The van der Waals surface area contributed by atoms with Crippen molar-refractivity contribution < 1.29 is 9.90 Å². The summed E-state index contributed by atoms with van der Waals surface area (Å²) >= 11 is 5.93. The van der Waals surface area contributed by atoms with Gasteiger partial charge in [0, 0.05) is 17.8 Å². The number of halogens is 1. The first-order valence-corrected chi connectivity index (χ1v) is 6.97. The zero-order valence-corrected chi connectivity index (χ0v) is 11.9. The fraction of sp³-hybridized carbons (Fsp3) is 0.571. The van der Waals surface area contributed by atoms with Crippen LogP contribution in [-0.4, -0.2) is 28.6 Å². The second kappa shape index (κ2) is 5.88. The molecule has 19 heavy (non-hydrogen) atoms. The molecule has 4 nitrogen and oxygen atoms in total. The Kier molecular flexibility index (Phi) is 4.42. The van der Waals surface area contributed by atoms with E-state index in [1.165, 1.54) is 0 Å². The van der Waals surface area contributed by atoms with E-state index in [-0.39, 0.29) is 17.9 Å². The number of rotatable bonds is 4. The Morgan fingerprint density at radius 1 is 1.53 bits per heavy atom. The number of aliphatic hydroxyl groups excluding tert-OH is 1. The van der Waals surface area contributed by atoms with Gasteiger partial charge in [0.1, 0.15) is 5.15 Å². The molecule has 2 N–H and O–H groups in total. The van der Waals surface area contributed by atoms with Crippen LogP contribution in [0.3, 0.4) is 0 Å². The lowest BCUT2D eigenvalue weighted by Gasteiger charge is -2.31. The molecule has 104 valence electrons. The van der Waals surface area contributed by atoms with Crippen molar-refractivity contribution in [1.82, 2.24) is 10.3 Å². The summed E-state index contributed by atoms with van der Waals surface area (Å²) in [7, 11) is 0. The largest absolute Gasteiger partial charge is 0.393 e. The number of nitrogens with zero attached hydrogens (tertiary/aromatic N) is 1. The Bertz CT molecular complexity index is 471. The van der Waals surface area contributed by atoms with E-state index in [2.05, 4.69) is 10.3 Å². The molecule has 1 aliphatic carbocycles. The third-order valence-electron chi connectivity index (χ3n) is 3.43. The summed E-state index contributed by atoms with van der Waals surface area (Å²) in [5, 5.41) is 12.4. The van der Waals surface area contributed by atoms with E-state index in [0.29, 0.717) is 23.2 Å². The summed E-state index contributed by atoms with van der Waals surface area (Å²) in [6.07, 6.45) is 1.35. The molecule has 1 aromatic rings. The van der Waals surface area contributed by atoms with Crippen molar-refractivity contribution in [3.05, 3.63) is 28.5 Å². The van der Waals surface area contributed by atoms with Gasteiger partial charge < -0.3 is 10.4 Å². The van der Waals surface area contributed by atoms with Crippen molar-refractivity contribution in [3.8, 4) is 0 Å². The predicted octanol–water partition coefficient (Wildman–Crippen LogP) is 2.36. The molecular formula is C14H19ClN2O2. The van der Waals surface area contributed by atoms with Crippen LogP contribution in [-0.2, 0) is 0 Å². The SMILES string of the molecule is CC(C)c1cc(C(=O)NCC2CC(O)C2)cc(Cl)n1. The molecule has 1 saturated carbocycles. The minimum absolute atomic E-state index is 0.132. The lowest BCUT2D eigenvalue weighted by Crippen LogP contribution is -2.38. The van der Waals surface area contributed by atoms with Gasteiger partial charge in [0.2, 0.25) is 0 Å². The van der Waals surface area contributed by atoms with E-state index in [0.717, 1.165) is 18.5 Å². The van der Waals surface area contributed by atoms with E-state index in [9.17, 15) is 9.90 Å². The van der Waals surface area contributed by atoms with Gasteiger partial charge in [-0.1, -0.05) is 25.4 Å². The molecule has 0 radical (unpaired) electrons. The van der Waals surface area contributed by atoms with Crippen LogP contribution in [0.1, 0.15) is 48.7 Å². The smallest absolute Gasteiger partial charge is 0.251 e. The van der Waals surface area contributed by atoms with Crippen LogP contribution in [0.15, 0.2) is 12.1 Å². The lowest BCUT2D eigenvalue weighted by atomic mass is 9.82. The number of hydrogen-bond donors (Lipinski definition) is 2. The molecule has 0 aromatic carbocycles. The Morgan fingerprint density at radius 2 is 2.21 bits per heavy atom. The summed E-state index contributed by atoms with van der Waals surface area (Å²) < 4.78 is 0.